The summed E-state index contributed by atoms with van der Waals surface area (Å²) in [6, 6.07) is 0. The lowest BCUT2D eigenvalue weighted by atomic mass is 10.1. The molecule has 0 radical (unpaired) electrons. The third kappa shape index (κ3) is 2.76. The van der Waals surface area contributed by atoms with Gasteiger partial charge >= 0.3 is 0 Å². The Bertz CT molecular complexity index is 112. The van der Waals surface area contributed by atoms with E-state index in [1.165, 1.54) is 31.7 Å². The molecule has 0 amide bonds. The van der Waals surface area contributed by atoms with Gasteiger partial charge in [0.05, 0.1) is 0 Å². The average Bonchev–Trinajstić information content (AvgIpc) is 2.03. The van der Waals surface area contributed by atoms with Crippen molar-refractivity contribution in [3.8, 4) is 0 Å². The fourth-order valence-electron chi connectivity index (χ4n) is 1.15. The summed E-state index contributed by atoms with van der Waals surface area (Å²) in [6.07, 6.45) is 7.06. The molecule has 58 valence electrons. The van der Waals surface area contributed by atoms with Crippen molar-refractivity contribution >= 4 is 11.8 Å². The molecule has 0 saturated carbocycles. The Morgan fingerprint density at radius 1 is 1.50 bits per heavy atom. The lowest BCUT2D eigenvalue weighted by molar-refractivity contribution is 0.609. The molecule has 0 aromatic carbocycles. The average molecular weight is 157 g/mol. The van der Waals surface area contributed by atoms with Gasteiger partial charge in [0, 0.05) is 5.75 Å². The van der Waals surface area contributed by atoms with Crippen LogP contribution in [0.15, 0.2) is 11.6 Å². The molecule has 1 nitrogen and oxygen atoms in total. The van der Waals surface area contributed by atoms with Crippen molar-refractivity contribution < 1.29 is 0 Å². The first-order chi connectivity index (χ1) is 4.93. The molecule has 0 aromatic rings. The van der Waals surface area contributed by atoms with Gasteiger partial charge in [0.25, 0.3) is 0 Å². The van der Waals surface area contributed by atoms with Gasteiger partial charge in [-0.3, -0.25) is 0 Å². The van der Waals surface area contributed by atoms with Crippen LogP contribution in [0.25, 0.3) is 0 Å². The van der Waals surface area contributed by atoms with Gasteiger partial charge in [-0.05, 0) is 32.2 Å². The van der Waals surface area contributed by atoms with Crippen LogP contribution in [0.2, 0.25) is 0 Å². The van der Waals surface area contributed by atoms with E-state index >= 15 is 0 Å². The Morgan fingerprint density at radius 3 is 2.80 bits per heavy atom. The van der Waals surface area contributed by atoms with Crippen molar-refractivity contribution in [2.24, 2.45) is 0 Å². The number of rotatable bonds is 2. The van der Waals surface area contributed by atoms with Crippen LogP contribution in [-0.4, -0.2) is 25.1 Å². The highest BCUT2D eigenvalue weighted by Gasteiger charge is 2.02. The van der Waals surface area contributed by atoms with E-state index in [1.54, 1.807) is 5.57 Å². The maximum Gasteiger partial charge on any atom is 0.0113 e. The summed E-state index contributed by atoms with van der Waals surface area (Å²) in [5.41, 5.74) is 1.65. The number of piperidine rings is 1. The van der Waals surface area contributed by atoms with E-state index in [9.17, 15) is 0 Å². The van der Waals surface area contributed by atoms with Crippen LogP contribution >= 0.6 is 11.8 Å². The summed E-state index contributed by atoms with van der Waals surface area (Å²) < 4.78 is 0. The standard InChI is InChI=1S/C8H15NS/c1-10-7-4-8-2-5-9-6-3-8/h4,9H,2-3,5-7H2,1H3. The van der Waals surface area contributed by atoms with Crippen LogP contribution in [0.4, 0.5) is 0 Å². The summed E-state index contributed by atoms with van der Waals surface area (Å²) in [4.78, 5) is 0. The van der Waals surface area contributed by atoms with Crippen LogP contribution in [0, 0.1) is 0 Å². The Hall–Kier alpha value is 0.0500. The fourth-order valence-corrected chi connectivity index (χ4v) is 1.56. The largest absolute Gasteiger partial charge is 0.316 e. The molecule has 1 heterocycles. The van der Waals surface area contributed by atoms with Gasteiger partial charge in [-0.25, -0.2) is 0 Å². The highest BCUT2D eigenvalue weighted by atomic mass is 32.2. The van der Waals surface area contributed by atoms with Crippen LogP contribution in [-0.2, 0) is 0 Å². The van der Waals surface area contributed by atoms with Crippen molar-refractivity contribution in [2.45, 2.75) is 12.8 Å². The monoisotopic (exact) mass is 157 g/mol. The third-order valence-electron chi connectivity index (χ3n) is 1.78. The summed E-state index contributed by atoms with van der Waals surface area (Å²) in [5.74, 6) is 1.19. The van der Waals surface area contributed by atoms with Crippen LogP contribution in [0.5, 0.6) is 0 Å². The Labute approximate surface area is 67.3 Å². The molecular weight excluding hydrogens is 142 g/mol. The summed E-state index contributed by atoms with van der Waals surface area (Å²) in [6.45, 7) is 2.36. The van der Waals surface area contributed by atoms with Crippen molar-refractivity contribution in [1.82, 2.24) is 5.32 Å². The van der Waals surface area contributed by atoms with Crippen molar-refractivity contribution in [3.63, 3.8) is 0 Å². The van der Waals surface area contributed by atoms with E-state index in [0.717, 1.165) is 0 Å². The molecule has 0 aromatic heterocycles. The molecule has 1 N–H and O–H groups in total. The van der Waals surface area contributed by atoms with E-state index < -0.39 is 0 Å². The molecular formula is C8H15NS. The molecule has 1 rings (SSSR count). The Balaban J connectivity index is 2.23. The zero-order chi connectivity index (χ0) is 7.23. The molecule has 10 heavy (non-hydrogen) atoms. The second-order valence-corrected chi connectivity index (χ2v) is 3.48. The minimum absolute atomic E-state index is 1.18. The van der Waals surface area contributed by atoms with E-state index in [1.807, 2.05) is 11.8 Å². The first kappa shape index (κ1) is 8.15. The lowest BCUT2D eigenvalue weighted by Crippen LogP contribution is -2.23. The molecule has 2 heteroatoms. The summed E-state index contributed by atoms with van der Waals surface area (Å²) in [7, 11) is 0. The highest BCUT2D eigenvalue weighted by molar-refractivity contribution is 7.98. The second-order valence-electron chi connectivity index (χ2n) is 2.57. The van der Waals surface area contributed by atoms with Gasteiger partial charge in [0.1, 0.15) is 0 Å². The molecule has 0 atom stereocenters. The van der Waals surface area contributed by atoms with Gasteiger partial charge in [-0.1, -0.05) is 11.6 Å². The van der Waals surface area contributed by atoms with E-state index in [2.05, 4.69) is 17.6 Å². The topological polar surface area (TPSA) is 12.0 Å². The van der Waals surface area contributed by atoms with Crippen molar-refractivity contribution in [1.29, 1.82) is 0 Å². The Morgan fingerprint density at radius 2 is 2.20 bits per heavy atom. The molecule has 0 spiro atoms. The van der Waals surface area contributed by atoms with Crippen LogP contribution < -0.4 is 5.32 Å². The fraction of sp³-hybridized carbons (Fsp3) is 0.750. The first-order valence-corrected chi connectivity index (χ1v) is 5.20. The molecule has 1 aliphatic rings. The maximum absolute atomic E-state index is 3.34. The minimum atomic E-state index is 1.18. The van der Waals surface area contributed by atoms with Crippen LogP contribution in [0.1, 0.15) is 12.8 Å². The van der Waals surface area contributed by atoms with Gasteiger partial charge in [-0.2, -0.15) is 11.8 Å². The predicted molar refractivity (Wildman–Crippen MR) is 48.6 cm³/mol. The van der Waals surface area contributed by atoms with Gasteiger partial charge in [0.2, 0.25) is 0 Å². The smallest absolute Gasteiger partial charge is 0.0113 e. The lowest BCUT2D eigenvalue weighted by Gasteiger charge is -2.14. The van der Waals surface area contributed by atoms with Gasteiger partial charge in [-0.15, -0.1) is 0 Å². The van der Waals surface area contributed by atoms with Gasteiger partial charge < -0.3 is 5.32 Å². The van der Waals surface area contributed by atoms with Crippen LogP contribution in [0.3, 0.4) is 0 Å². The SMILES string of the molecule is CSCC=C1CCNCC1. The van der Waals surface area contributed by atoms with Gasteiger partial charge in [0.15, 0.2) is 0 Å². The maximum atomic E-state index is 3.34. The minimum Gasteiger partial charge on any atom is -0.316 e. The summed E-state index contributed by atoms with van der Waals surface area (Å²) in [5, 5.41) is 3.34. The zero-order valence-electron chi connectivity index (χ0n) is 6.52. The predicted octanol–water partition coefficient (Wildman–Crippen LogP) is 1.66. The number of hydrogen-bond donors (Lipinski definition) is 1. The molecule has 0 aliphatic carbocycles. The third-order valence-corrected chi connectivity index (χ3v) is 2.28. The molecule has 1 aliphatic heterocycles. The molecule has 0 bridgehead atoms. The first-order valence-electron chi connectivity index (χ1n) is 3.81. The second kappa shape index (κ2) is 4.80. The molecule has 1 saturated heterocycles. The van der Waals surface area contributed by atoms with E-state index in [-0.39, 0.29) is 0 Å². The van der Waals surface area contributed by atoms with E-state index in [0.29, 0.717) is 0 Å². The number of nitrogens with one attached hydrogen (secondary N) is 1. The van der Waals surface area contributed by atoms with Crippen molar-refractivity contribution in [2.75, 3.05) is 25.1 Å². The quantitative estimate of drug-likeness (QED) is 0.612. The molecule has 1 fully saturated rings. The highest BCUT2D eigenvalue weighted by Crippen LogP contribution is 2.10. The zero-order valence-corrected chi connectivity index (χ0v) is 7.34. The summed E-state index contributed by atoms with van der Waals surface area (Å²) >= 11 is 1.90. The number of hydrogen-bond acceptors (Lipinski definition) is 2. The van der Waals surface area contributed by atoms with Crippen molar-refractivity contribution in [3.05, 3.63) is 11.6 Å². The normalized spacial score (nSPS) is 19.1. The molecule has 0 unspecified atom stereocenters. The van der Waals surface area contributed by atoms with E-state index in [4.69, 9.17) is 0 Å². The Kier molecular flexibility index (Phi) is 3.91. The number of thioether (sulfide) groups is 1.